The van der Waals surface area contributed by atoms with Crippen molar-refractivity contribution < 1.29 is 4.79 Å². The van der Waals surface area contributed by atoms with Gasteiger partial charge in [0.2, 0.25) is 0 Å². The van der Waals surface area contributed by atoms with Crippen molar-refractivity contribution in [3.05, 3.63) is 58.9 Å². The Hall–Kier alpha value is -2.86. The molecule has 2 aromatic heterocycles. The van der Waals surface area contributed by atoms with Crippen LogP contribution in [0.25, 0.3) is 5.65 Å². The summed E-state index contributed by atoms with van der Waals surface area (Å²) in [4.78, 5) is 18.1. The van der Waals surface area contributed by atoms with Crippen molar-refractivity contribution in [3.8, 4) is 0 Å². The van der Waals surface area contributed by atoms with Crippen molar-refractivity contribution in [2.24, 2.45) is 5.73 Å². The van der Waals surface area contributed by atoms with Gasteiger partial charge in [0.05, 0.1) is 5.69 Å². The maximum atomic E-state index is 13.0. The molecular formula is C28H37N5O. The number of nitrogens with one attached hydrogen (secondary N) is 2. The van der Waals surface area contributed by atoms with E-state index in [1.54, 1.807) is 0 Å². The summed E-state index contributed by atoms with van der Waals surface area (Å²) in [7, 11) is 0. The zero-order valence-corrected chi connectivity index (χ0v) is 20.4. The molecule has 0 spiro atoms. The van der Waals surface area contributed by atoms with Gasteiger partial charge in [-0.2, -0.15) is 0 Å². The van der Waals surface area contributed by atoms with Crippen molar-refractivity contribution >= 4 is 23.1 Å². The van der Waals surface area contributed by atoms with Crippen LogP contribution in [0.3, 0.4) is 0 Å². The first-order valence-corrected chi connectivity index (χ1v) is 12.9. The number of fused-ring (bicyclic) bond motifs is 1. The minimum atomic E-state index is -0.0190. The lowest BCUT2D eigenvalue weighted by molar-refractivity contribution is 0.0926. The number of carbonyl (C=O) groups is 1. The SMILES string of the molecule is Cc1cccc(C)c1Nc1c(C2CCCCC2)nc2cc(C(=O)NC3CCC(N)CC3)ccn12. The van der Waals surface area contributed by atoms with Crippen molar-refractivity contribution in [1.29, 1.82) is 0 Å². The lowest BCUT2D eigenvalue weighted by atomic mass is 9.87. The summed E-state index contributed by atoms with van der Waals surface area (Å²) in [5.41, 5.74) is 12.2. The first-order valence-electron chi connectivity index (χ1n) is 12.9. The van der Waals surface area contributed by atoms with Gasteiger partial charge in [0.15, 0.2) is 0 Å². The molecule has 4 N–H and O–H groups in total. The molecule has 3 aromatic rings. The zero-order valence-electron chi connectivity index (χ0n) is 20.4. The minimum absolute atomic E-state index is 0.0190. The third-order valence-electron chi connectivity index (χ3n) is 7.74. The number of para-hydroxylation sites is 1. The van der Waals surface area contributed by atoms with Gasteiger partial charge >= 0.3 is 0 Å². The molecule has 0 atom stereocenters. The number of aromatic nitrogens is 2. The summed E-state index contributed by atoms with van der Waals surface area (Å²) in [5, 5.41) is 6.95. The number of benzene rings is 1. The Labute approximate surface area is 202 Å². The Kier molecular flexibility index (Phi) is 6.59. The summed E-state index contributed by atoms with van der Waals surface area (Å²) >= 11 is 0. The van der Waals surface area contributed by atoms with Crippen molar-refractivity contribution in [2.45, 2.75) is 89.6 Å². The van der Waals surface area contributed by atoms with E-state index in [1.165, 1.54) is 43.2 Å². The molecule has 6 heteroatoms. The fourth-order valence-electron chi connectivity index (χ4n) is 5.65. The smallest absolute Gasteiger partial charge is 0.251 e. The molecule has 0 aliphatic heterocycles. The number of hydrogen-bond donors (Lipinski definition) is 3. The highest BCUT2D eigenvalue weighted by Gasteiger charge is 2.25. The van der Waals surface area contributed by atoms with E-state index in [4.69, 9.17) is 10.7 Å². The molecule has 1 aromatic carbocycles. The van der Waals surface area contributed by atoms with Crippen LogP contribution in [0.1, 0.15) is 90.9 Å². The third-order valence-corrected chi connectivity index (χ3v) is 7.74. The molecule has 1 amide bonds. The van der Waals surface area contributed by atoms with Crippen LogP contribution in [0.4, 0.5) is 11.5 Å². The molecule has 2 aliphatic carbocycles. The predicted octanol–water partition coefficient (Wildman–Crippen LogP) is 5.74. The highest BCUT2D eigenvalue weighted by Crippen LogP contribution is 2.38. The number of nitrogens with zero attached hydrogens (tertiary/aromatic N) is 2. The van der Waals surface area contributed by atoms with E-state index in [1.807, 2.05) is 18.3 Å². The fourth-order valence-corrected chi connectivity index (χ4v) is 5.65. The summed E-state index contributed by atoms with van der Waals surface area (Å²) < 4.78 is 2.12. The summed E-state index contributed by atoms with van der Waals surface area (Å²) in [6, 6.07) is 10.7. The first-order chi connectivity index (χ1) is 16.5. The van der Waals surface area contributed by atoms with Crippen LogP contribution in [-0.4, -0.2) is 27.4 Å². The molecule has 0 radical (unpaired) electrons. The second-order valence-corrected chi connectivity index (χ2v) is 10.3. The number of amides is 1. The second-order valence-electron chi connectivity index (χ2n) is 10.3. The van der Waals surface area contributed by atoms with E-state index in [-0.39, 0.29) is 18.0 Å². The summed E-state index contributed by atoms with van der Waals surface area (Å²) in [6.45, 7) is 4.28. The van der Waals surface area contributed by atoms with E-state index >= 15 is 0 Å². The standard InChI is InChI=1S/C28H37N5O/c1-18-7-6-8-19(2)25(18)32-27-26(20-9-4-3-5-10-20)31-24-17-21(15-16-33(24)27)28(34)30-23-13-11-22(29)12-14-23/h6-8,15-17,20,22-23,32H,3-5,9-14,29H2,1-2H3,(H,30,34). The van der Waals surface area contributed by atoms with Gasteiger partial charge in [-0.05, 0) is 75.6 Å². The molecule has 2 aliphatic rings. The Morgan fingerprint density at radius 3 is 2.41 bits per heavy atom. The molecular weight excluding hydrogens is 422 g/mol. The number of hydrogen-bond acceptors (Lipinski definition) is 4. The lowest BCUT2D eigenvalue weighted by Gasteiger charge is -2.26. The monoisotopic (exact) mass is 459 g/mol. The Morgan fingerprint density at radius 1 is 1.00 bits per heavy atom. The van der Waals surface area contributed by atoms with E-state index in [0.717, 1.165) is 48.5 Å². The largest absolute Gasteiger partial charge is 0.349 e. The summed E-state index contributed by atoms with van der Waals surface area (Å²) in [5.74, 6) is 1.46. The third kappa shape index (κ3) is 4.69. The van der Waals surface area contributed by atoms with E-state index in [2.05, 4.69) is 47.1 Å². The highest BCUT2D eigenvalue weighted by atomic mass is 16.1. The van der Waals surface area contributed by atoms with Crippen LogP contribution in [-0.2, 0) is 0 Å². The first kappa shape index (κ1) is 22.9. The second kappa shape index (κ2) is 9.79. The molecule has 2 fully saturated rings. The molecule has 180 valence electrons. The Bertz CT molecular complexity index is 1150. The number of rotatable bonds is 5. The van der Waals surface area contributed by atoms with Gasteiger partial charge in [0.25, 0.3) is 5.91 Å². The fraction of sp³-hybridized carbons (Fsp3) is 0.500. The van der Waals surface area contributed by atoms with Crippen LogP contribution in [0.15, 0.2) is 36.5 Å². The van der Waals surface area contributed by atoms with E-state index in [9.17, 15) is 4.79 Å². The quantitative estimate of drug-likeness (QED) is 0.454. The lowest BCUT2D eigenvalue weighted by Crippen LogP contribution is -2.40. The number of imidazole rings is 1. The van der Waals surface area contributed by atoms with Crippen LogP contribution < -0.4 is 16.4 Å². The number of carbonyl (C=O) groups excluding carboxylic acids is 1. The van der Waals surface area contributed by atoms with Gasteiger partial charge in [0, 0.05) is 35.4 Å². The van der Waals surface area contributed by atoms with Gasteiger partial charge in [-0.3, -0.25) is 9.20 Å². The van der Waals surface area contributed by atoms with Gasteiger partial charge in [-0.1, -0.05) is 37.5 Å². The maximum absolute atomic E-state index is 13.0. The van der Waals surface area contributed by atoms with Gasteiger partial charge in [-0.15, -0.1) is 0 Å². The molecule has 2 saturated carbocycles. The molecule has 0 saturated heterocycles. The van der Waals surface area contributed by atoms with Crippen LogP contribution >= 0.6 is 0 Å². The topological polar surface area (TPSA) is 84.5 Å². The van der Waals surface area contributed by atoms with Crippen LogP contribution in [0, 0.1) is 13.8 Å². The molecule has 2 heterocycles. The summed E-state index contributed by atoms with van der Waals surface area (Å²) in [6.07, 6.45) is 12.0. The molecule has 0 bridgehead atoms. The van der Waals surface area contributed by atoms with E-state index in [0.29, 0.717) is 11.5 Å². The highest BCUT2D eigenvalue weighted by molar-refractivity contribution is 5.95. The van der Waals surface area contributed by atoms with Crippen molar-refractivity contribution in [1.82, 2.24) is 14.7 Å². The van der Waals surface area contributed by atoms with Crippen LogP contribution in [0.5, 0.6) is 0 Å². The molecule has 34 heavy (non-hydrogen) atoms. The van der Waals surface area contributed by atoms with Gasteiger partial charge in [-0.25, -0.2) is 4.98 Å². The number of aryl methyl sites for hydroxylation is 2. The average molecular weight is 460 g/mol. The van der Waals surface area contributed by atoms with Crippen molar-refractivity contribution in [3.63, 3.8) is 0 Å². The molecule has 0 unspecified atom stereocenters. The maximum Gasteiger partial charge on any atom is 0.251 e. The number of anilines is 2. The van der Waals surface area contributed by atoms with Gasteiger partial charge in [0.1, 0.15) is 11.5 Å². The predicted molar refractivity (Wildman–Crippen MR) is 138 cm³/mol. The minimum Gasteiger partial charge on any atom is -0.349 e. The Morgan fingerprint density at radius 2 is 1.71 bits per heavy atom. The van der Waals surface area contributed by atoms with E-state index < -0.39 is 0 Å². The van der Waals surface area contributed by atoms with Crippen molar-refractivity contribution in [2.75, 3.05) is 5.32 Å². The normalized spacial score (nSPS) is 21.5. The molecule has 6 nitrogen and oxygen atoms in total. The average Bonchev–Trinajstić information content (AvgIpc) is 3.21. The number of pyridine rings is 1. The Balaban J connectivity index is 1.47. The number of nitrogens with two attached hydrogens (primary N) is 1. The zero-order chi connectivity index (χ0) is 23.7. The van der Waals surface area contributed by atoms with Crippen LogP contribution in [0.2, 0.25) is 0 Å². The molecule has 5 rings (SSSR count). The van der Waals surface area contributed by atoms with Gasteiger partial charge < -0.3 is 16.4 Å².